The highest BCUT2D eigenvalue weighted by Gasteiger charge is 2.22. The molecule has 1 aromatic heterocycles. The van der Waals surface area contributed by atoms with Crippen molar-refractivity contribution in [2.75, 3.05) is 0 Å². The van der Waals surface area contributed by atoms with Crippen molar-refractivity contribution in [3.05, 3.63) is 74.9 Å². The third-order valence-corrected chi connectivity index (χ3v) is 5.16. The maximum absolute atomic E-state index is 2.44. The summed E-state index contributed by atoms with van der Waals surface area (Å²) in [5.41, 5.74) is 7.72. The van der Waals surface area contributed by atoms with Crippen molar-refractivity contribution in [1.29, 1.82) is 0 Å². The van der Waals surface area contributed by atoms with Crippen LogP contribution in [0.2, 0.25) is 0 Å². The highest BCUT2D eigenvalue weighted by Crippen LogP contribution is 2.22. The smallest absolute Gasteiger partial charge is 0.190 e. The molecule has 1 heterocycles. The summed E-state index contributed by atoms with van der Waals surface area (Å²) in [5.74, 6) is 0. The van der Waals surface area contributed by atoms with Crippen LogP contribution in [0.4, 0.5) is 0 Å². The third-order valence-electron chi connectivity index (χ3n) is 4.12. The number of para-hydroxylation sites is 2. The molecular formula is C19H20IN2+. The largest absolute Gasteiger partial charge is 0.327 e. The fourth-order valence-corrected chi connectivity index (χ4v) is 3.88. The van der Waals surface area contributed by atoms with Crippen LogP contribution < -0.4 is 4.57 Å². The summed E-state index contributed by atoms with van der Waals surface area (Å²) < 4.78 is 5.74. The Balaban J connectivity index is 2.23. The first-order valence-corrected chi connectivity index (χ1v) is 8.50. The molecule has 0 aliphatic carbocycles. The van der Waals surface area contributed by atoms with E-state index in [4.69, 9.17) is 0 Å². The molecule has 0 N–H and O–H groups in total. The van der Waals surface area contributed by atoms with Crippen LogP contribution in [0.25, 0.3) is 11.4 Å². The molecule has 0 unspecified atom stereocenters. The van der Waals surface area contributed by atoms with Crippen LogP contribution in [0.5, 0.6) is 0 Å². The summed E-state index contributed by atoms with van der Waals surface area (Å²) in [4.78, 5) is 0. The maximum atomic E-state index is 2.44. The average Bonchev–Trinajstić information content (AvgIpc) is 2.81. The van der Waals surface area contributed by atoms with E-state index in [1.165, 1.54) is 37.5 Å². The minimum absolute atomic E-state index is 1.19. The van der Waals surface area contributed by atoms with E-state index in [2.05, 4.69) is 108 Å². The summed E-state index contributed by atoms with van der Waals surface area (Å²) in [6.45, 7) is 8.67. The van der Waals surface area contributed by atoms with Gasteiger partial charge in [-0.2, -0.15) is 9.13 Å². The van der Waals surface area contributed by atoms with Crippen LogP contribution in [0.1, 0.15) is 22.3 Å². The molecule has 0 aliphatic rings. The quantitative estimate of drug-likeness (QED) is 0.437. The number of hydrogen-bond acceptors (Lipinski definition) is 0. The van der Waals surface area contributed by atoms with Gasteiger partial charge in [0.25, 0.3) is 0 Å². The molecule has 0 amide bonds. The molecule has 0 atom stereocenters. The second-order valence-corrected chi connectivity index (χ2v) is 6.75. The molecule has 3 heteroatoms. The Labute approximate surface area is 145 Å². The molecule has 0 radical (unpaired) electrons. The zero-order valence-electron chi connectivity index (χ0n) is 13.4. The van der Waals surface area contributed by atoms with E-state index < -0.39 is 0 Å². The molecule has 0 spiro atoms. The first-order valence-electron chi connectivity index (χ1n) is 7.42. The van der Waals surface area contributed by atoms with Crippen molar-refractivity contribution < 1.29 is 4.57 Å². The standard InChI is InChI=1S/C19H20IN2/c1-13-7-5-8-14(2)17(13)21-11-12-22(19(21)20)18-15(3)9-6-10-16(18)4/h5-12H,1-4H3/q+1. The lowest BCUT2D eigenvalue weighted by Gasteiger charge is -2.08. The van der Waals surface area contributed by atoms with Gasteiger partial charge >= 0.3 is 3.83 Å². The Morgan fingerprint density at radius 1 is 0.818 bits per heavy atom. The lowest BCUT2D eigenvalue weighted by atomic mass is 10.1. The summed E-state index contributed by atoms with van der Waals surface area (Å²) in [5, 5.41) is 0. The van der Waals surface area contributed by atoms with E-state index in [0.717, 1.165) is 0 Å². The van der Waals surface area contributed by atoms with Crippen LogP contribution in [-0.2, 0) is 0 Å². The van der Waals surface area contributed by atoms with Gasteiger partial charge in [-0.25, -0.2) is 0 Å². The van der Waals surface area contributed by atoms with Crippen LogP contribution in [0, 0.1) is 31.5 Å². The Hall–Kier alpha value is -1.62. The highest BCUT2D eigenvalue weighted by molar-refractivity contribution is 14.1. The SMILES string of the molecule is Cc1cccc(C)c1-n1cc[n+](-c2c(C)cccc2C)c1I. The second kappa shape index (κ2) is 5.88. The Morgan fingerprint density at radius 3 is 1.86 bits per heavy atom. The molecule has 0 aliphatic heterocycles. The van der Waals surface area contributed by atoms with Gasteiger partial charge in [0.1, 0.15) is 23.8 Å². The highest BCUT2D eigenvalue weighted by atomic mass is 127. The summed E-state index contributed by atoms with van der Waals surface area (Å²) in [6, 6.07) is 12.9. The van der Waals surface area contributed by atoms with Gasteiger partial charge in [-0.3, -0.25) is 0 Å². The predicted octanol–water partition coefficient (Wildman–Crippen LogP) is 4.59. The number of imidazole rings is 1. The van der Waals surface area contributed by atoms with Crippen molar-refractivity contribution in [3.63, 3.8) is 0 Å². The van der Waals surface area contributed by atoms with E-state index in [1.807, 2.05) is 0 Å². The van der Waals surface area contributed by atoms with Crippen LogP contribution in [0.3, 0.4) is 0 Å². The number of rotatable bonds is 2. The fraction of sp³-hybridized carbons (Fsp3) is 0.211. The van der Waals surface area contributed by atoms with Gasteiger partial charge in [0, 0.05) is 0 Å². The average molecular weight is 403 g/mol. The topological polar surface area (TPSA) is 8.81 Å². The summed E-state index contributed by atoms with van der Waals surface area (Å²) in [7, 11) is 0. The first-order chi connectivity index (χ1) is 10.5. The predicted molar refractivity (Wildman–Crippen MR) is 99.0 cm³/mol. The van der Waals surface area contributed by atoms with Crippen LogP contribution in [0.15, 0.2) is 48.8 Å². The molecule has 0 bridgehead atoms. The van der Waals surface area contributed by atoms with E-state index in [0.29, 0.717) is 0 Å². The van der Waals surface area contributed by atoms with Crippen LogP contribution in [-0.4, -0.2) is 4.57 Å². The third kappa shape index (κ3) is 2.47. The molecule has 2 aromatic carbocycles. The summed E-state index contributed by atoms with van der Waals surface area (Å²) in [6.07, 6.45) is 4.31. The number of nitrogens with zero attached hydrogens (tertiary/aromatic N) is 2. The minimum atomic E-state index is 1.19. The Morgan fingerprint density at radius 2 is 1.32 bits per heavy atom. The zero-order chi connectivity index (χ0) is 15.9. The summed E-state index contributed by atoms with van der Waals surface area (Å²) >= 11 is 2.44. The van der Waals surface area contributed by atoms with Gasteiger partial charge in [-0.15, -0.1) is 0 Å². The fourth-order valence-electron chi connectivity index (χ4n) is 3.08. The van der Waals surface area contributed by atoms with Crippen molar-refractivity contribution in [2.24, 2.45) is 0 Å². The van der Waals surface area contributed by atoms with Gasteiger partial charge in [0.15, 0.2) is 0 Å². The lowest BCUT2D eigenvalue weighted by molar-refractivity contribution is -0.609. The zero-order valence-corrected chi connectivity index (χ0v) is 15.5. The molecular weight excluding hydrogens is 383 g/mol. The number of hydrogen-bond donors (Lipinski definition) is 0. The number of halogens is 1. The molecule has 112 valence electrons. The van der Waals surface area contributed by atoms with Crippen LogP contribution >= 0.6 is 22.6 Å². The van der Waals surface area contributed by atoms with Gasteiger partial charge in [0.05, 0.1) is 22.6 Å². The second-order valence-electron chi connectivity index (χ2n) is 5.79. The van der Waals surface area contributed by atoms with Gasteiger partial charge in [-0.05, 0) is 49.9 Å². The number of aromatic nitrogens is 2. The number of benzene rings is 2. The van der Waals surface area contributed by atoms with Crippen molar-refractivity contribution >= 4 is 22.6 Å². The van der Waals surface area contributed by atoms with Gasteiger partial charge < -0.3 is 0 Å². The first kappa shape index (κ1) is 15.3. The van der Waals surface area contributed by atoms with E-state index in [1.54, 1.807) is 0 Å². The van der Waals surface area contributed by atoms with Gasteiger partial charge in [-0.1, -0.05) is 36.4 Å². The Kier molecular flexibility index (Phi) is 4.08. The van der Waals surface area contributed by atoms with E-state index in [-0.39, 0.29) is 0 Å². The molecule has 3 aromatic rings. The van der Waals surface area contributed by atoms with E-state index >= 15 is 0 Å². The maximum Gasteiger partial charge on any atom is 0.327 e. The monoisotopic (exact) mass is 403 g/mol. The molecule has 22 heavy (non-hydrogen) atoms. The molecule has 0 saturated carbocycles. The minimum Gasteiger partial charge on any atom is -0.190 e. The van der Waals surface area contributed by atoms with Crippen molar-refractivity contribution in [2.45, 2.75) is 27.7 Å². The molecule has 3 rings (SSSR count). The van der Waals surface area contributed by atoms with Crippen molar-refractivity contribution in [1.82, 2.24) is 4.57 Å². The van der Waals surface area contributed by atoms with Crippen molar-refractivity contribution in [3.8, 4) is 11.4 Å². The molecule has 0 saturated heterocycles. The van der Waals surface area contributed by atoms with E-state index in [9.17, 15) is 0 Å². The molecule has 0 fully saturated rings. The molecule has 2 nitrogen and oxygen atoms in total. The van der Waals surface area contributed by atoms with Gasteiger partial charge in [0.2, 0.25) is 0 Å². The number of aryl methyl sites for hydroxylation is 4. The Bertz CT molecular complexity index is 737. The lowest BCUT2D eigenvalue weighted by Crippen LogP contribution is -2.35. The normalized spacial score (nSPS) is 11.0.